The van der Waals surface area contributed by atoms with Gasteiger partial charge in [0.2, 0.25) is 5.91 Å². The van der Waals surface area contributed by atoms with Crippen LogP contribution in [-0.4, -0.2) is 24.7 Å². The van der Waals surface area contributed by atoms with Gasteiger partial charge in [0.05, 0.1) is 0 Å². The highest BCUT2D eigenvalue weighted by molar-refractivity contribution is 7.99. The first-order valence-corrected chi connectivity index (χ1v) is 7.88. The van der Waals surface area contributed by atoms with E-state index in [0.29, 0.717) is 19.0 Å². The van der Waals surface area contributed by atoms with E-state index < -0.39 is 0 Å². The van der Waals surface area contributed by atoms with Crippen molar-refractivity contribution in [3.05, 3.63) is 29.8 Å². The van der Waals surface area contributed by atoms with E-state index in [-0.39, 0.29) is 5.91 Å². The molecule has 19 heavy (non-hydrogen) atoms. The first kappa shape index (κ1) is 16.1. The highest BCUT2D eigenvalue weighted by Gasteiger charge is 2.04. The van der Waals surface area contributed by atoms with Crippen molar-refractivity contribution in [2.45, 2.75) is 38.1 Å². The molecular weight excluding hydrogens is 256 g/mol. The van der Waals surface area contributed by atoms with Gasteiger partial charge >= 0.3 is 0 Å². The van der Waals surface area contributed by atoms with Crippen LogP contribution in [0.3, 0.4) is 0 Å². The van der Waals surface area contributed by atoms with Gasteiger partial charge in [0.1, 0.15) is 0 Å². The zero-order valence-corrected chi connectivity index (χ0v) is 12.8. The molecule has 0 aromatic heterocycles. The van der Waals surface area contributed by atoms with Gasteiger partial charge in [-0.15, -0.1) is 11.8 Å². The lowest BCUT2D eigenvalue weighted by molar-refractivity contribution is -0.120. The Morgan fingerprint density at radius 1 is 1.21 bits per heavy atom. The molecule has 0 bridgehead atoms. The predicted molar refractivity (Wildman–Crippen MR) is 82.6 cm³/mol. The van der Waals surface area contributed by atoms with Crippen molar-refractivity contribution in [2.75, 3.05) is 18.8 Å². The molecule has 2 N–H and O–H groups in total. The molecule has 0 spiro atoms. The zero-order chi connectivity index (χ0) is 14.1. The van der Waals surface area contributed by atoms with Crippen molar-refractivity contribution in [3.8, 4) is 0 Å². The van der Waals surface area contributed by atoms with E-state index >= 15 is 0 Å². The fourth-order valence-electron chi connectivity index (χ4n) is 1.82. The lowest BCUT2D eigenvalue weighted by Crippen LogP contribution is -2.22. The second-order valence-electron chi connectivity index (χ2n) is 4.40. The topological polar surface area (TPSA) is 41.1 Å². The molecule has 0 fully saturated rings. The third kappa shape index (κ3) is 6.12. The Morgan fingerprint density at radius 2 is 1.89 bits per heavy atom. The quantitative estimate of drug-likeness (QED) is 0.719. The van der Waals surface area contributed by atoms with Crippen molar-refractivity contribution in [3.63, 3.8) is 0 Å². The fraction of sp³-hybridized carbons (Fsp3) is 0.533. The van der Waals surface area contributed by atoms with Gasteiger partial charge in [-0.3, -0.25) is 4.79 Å². The van der Waals surface area contributed by atoms with Gasteiger partial charge < -0.3 is 10.6 Å². The lowest BCUT2D eigenvalue weighted by atomic mass is 10.1. The first-order valence-electron chi connectivity index (χ1n) is 6.90. The molecule has 0 heterocycles. The van der Waals surface area contributed by atoms with E-state index in [9.17, 15) is 4.79 Å². The monoisotopic (exact) mass is 280 g/mol. The molecule has 1 rings (SSSR count). The summed E-state index contributed by atoms with van der Waals surface area (Å²) >= 11 is 1.73. The fourth-order valence-corrected chi connectivity index (χ4v) is 2.68. The summed E-state index contributed by atoms with van der Waals surface area (Å²) in [5, 5.41) is 6.20. The van der Waals surface area contributed by atoms with Gasteiger partial charge in [-0.05, 0) is 38.1 Å². The Balaban J connectivity index is 2.38. The third-order valence-corrected chi connectivity index (χ3v) is 3.88. The van der Waals surface area contributed by atoms with Gasteiger partial charge in [0.25, 0.3) is 0 Å². The van der Waals surface area contributed by atoms with E-state index in [0.717, 1.165) is 12.3 Å². The van der Waals surface area contributed by atoms with Crippen molar-refractivity contribution in [1.29, 1.82) is 0 Å². The molecule has 0 saturated carbocycles. The van der Waals surface area contributed by atoms with Crippen molar-refractivity contribution < 1.29 is 4.79 Å². The van der Waals surface area contributed by atoms with Crippen LogP contribution in [0.2, 0.25) is 0 Å². The molecule has 0 aliphatic heterocycles. The molecule has 1 aromatic carbocycles. The van der Waals surface area contributed by atoms with E-state index in [1.807, 2.05) is 6.92 Å². The Labute approximate surface area is 120 Å². The largest absolute Gasteiger partial charge is 0.356 e. The first-order chi connectivity index (χ1) is 9.17. The minimum absolute atomic E-state index is 0.132. The second kappa shape index (κ2) is 8.99. The lowest BCUT2D eigenvalue weighted by Gasteiger charge is -2.13. The number of thioether (sulfide) groups is 1. The van der Waals surface area contributed by atoms with Gasteiger partial charge in [-0.25, -0.2) is 0 Å². The number of nitrogens with one attached hydrogen (secondary N) is 2. The number of amides is 1. The number of carbonyl (C=O) groups excluding carboxylic acids is 1. The smallest absolute Gasteiger partial charge is 0.220 e. The second-order valence-corrected chi connectivity index (χ2v) is 5.57. The number of hydrogen-bond donors (Lipinski definition) is 2. The van der Waals surface area contributed by atoms with Crippen LogP contribution in [0, 0.1) is 0 Å². The van der Waals surface area contributed by atoms with Crippen LogP contribution in [0.25, 0.3) is 0 Å². The average Bonchev–Trinajstić information content (AvgIpc) is 2.40. The standard InChI is InChI=1S/C15H24N2OS/c1-4-16-12(3)13-6-8-14(9-7-13)19-11-10-15(18)17-5-2/h6-9,12,16H,4-5,10-11H2,1-3H3,(H,17,18). The minimum Gasteiger partial charge on any atom is -0.356 e. The molecule has 4 heteroatoms. The van der Waals surface area contributed by atoms with E-state index in [1.54, 1.807) is 11.8 Å². The maximum absolute atomic E-state index is 11.3. The molecule has 1 amide bonds. The average molecular weight is 280 g/mol. The number of carbonyl (C=O) groups is 1. The Bertz CT molecular complexity index is 378. The zero-order valence-electron chi connectivity index (χ0n) is 12.0. The summed E-state index contributed by atoms with van der Waals surface area (Å²) in [6.07, 6.45) is 0.577. The van der Waals surface area contributed by atoms with E-state index in [1.165, 1.54) is 10.5 Å². The molecule has 0 aliphatic carbocycles. The van der Waals surface area contributed by atoms with Crippen LogP contribution >= 0.6 is 11.8 Å². The maximum Gasteiger partial charge on any atom is 0.220 e. The number of benzene rings is 1. The maximum atomic E-state index is 11.3. The summed E-state index contributed by atoms with van der Waals surface area (Å²) < 4.78 is 0. The molecule has 0 aliphatic rings. The Kier molecular flexibility index (Phi) is 7.60. The van der Waals surface area contributed by atoms with Crippen LogP contribution in [0.4, 0.5) is 0 Å². The van der Waals surface area contributed by atoms with Gasteiger partial charge in [-0.2, -0.15) is 0 Å². The van der Waals surface area contributed by atoms with Crippen LogP contribution in [0.5, 0.6) is 0 Å². The highest BCUT2D eigenvalue weighted by atomic mass is 32.2. The SMILES string of the molecule is CCNC(=O)CCSc1ccc(C(C)NCC)cc1. The molecular formula is C15H24N2OS. The molecule has 1 aromatic rings. The van der Waals surface area contributed by atoms with Gasteiger partial charge in [-0.1, -0.05) is 19.1 Å². The Hall–Kier alpha value is -1.00. The number of hydrogen-bond acceptors (Lipinski definition) is 3. The summed E-state index contributed by atoms with van der Waals surface area (Å²) in [6, 6.07) is 8.96. The van der Waals surface area contributed by atoms with Crippen LogP contribution < -0.4 is 10.6 Å². The Morgan fingerprint density at radius 3 is 2.47 bits per heavy atom. The normalized spacial score (nSPS) is 12.2. The van der Waals surface area contributed by atoms with Crippen molar-refractivity contribution in [2.24, 2.45) is 0 Å². The number of rotatable bonds is 8. The molecule has 0 saturated heterocycles. The molecule has 1 unspecified atom stereocenters. The van der Waals surface area contributed by atoms with E-state index in [4.69, 9.17) is 0 Å². The molecule has 0 radical (unpaired) electrons. The van der Waals surface area contributed by atoms with Gasteiger partial charge in [0.15, 0.2) is 0 Å². The highest BCUT2D eigenvalue weighted by Crippen LogP contribution is 2.21. The predicted octanol–water partition coefficient (Wildman–Crippen LogP) is 2.98. The van der Waals surface area contributed by atoms with Crippen LogP contribution in [-0.2, 0) is 4.79 Å². The summed E-state index contributed by atoms with van der Waals surface area (Å²) in [6.45, 7) is 7.91. The van der Waals surface area contributed by atoms with Gasteiger partial charge in [0, 0.05) is 29.7 Å². The summed E-state index contributed by atoms with van der Waals surface area (Å²) in [5.74, 6) is 0.959. The van der Waals surface area contributed by atoms with Crippen LogP contribution in [0.1, 0.15) is 38.8 Å². The third-order valence-electron chi connectivity index (χ3n) is 2.86. The summed E-state index contributed by atoms with van der Waals surface area (Å²) in [7, 11) is 0. The van der Waals surface area contributed by atoms with Crippen molar-refractivity contribution in [1.82, 2.24) is 10.6 Å². The summed E-state index contributed by atoms with van der Waals surface area (Å²) in [4.78, 5) is 12.5. The van der Waals surface area contributed by atoms with E-state index in [2.05, 4.69) is 48.7 Å². The van der Waals surface area contributed by atoms with Crippen molar-refractivity contribution >= 4 is 17.7 Å². The molecule has 3 nitrogen and oxygen atoms in total. The van der Waals surface area contributed by atoms with Crippen LogP contribution in [0.15, 0.2) is 29.2 Å². The molecule has 1 atom stereocenters. The molecule has 106 valence electrons. The summed E-state index contributed by atoms with van der Waals surface area (Å²) in [5.41, 5.74) is 1.30. The minimum atomic E-state index is 0.132.